The third-order valence-electron chi connectivity index (χ3n) is 5.79. The lowest BCUT2D eigenvalue weighted by Gasteiger charge is -2.32. The van der Waals surface area contributed by atoms with Crippen molar-refractivity contribution in [1.82, 2.24) is 24.8 Å². The van der Waals surface area contributed by atoms with Crippen molar-refractivity contribution in [2.75, 3.05) is 32.8 Å². The number of hydrogen-bond acceptors (Lipinski definition) is 5. The molecule has 0 saturated carbocycles. The van der Waals surface area contributed by atoms with E-state index in [1.807, 2.05) is 35.4 Å². The van der Waals surface area contributed by atoms with Gasteiger partial charge in [0.1, 0.15) is 0 Å². The van der Waals surface area contributed by atoms with Crippen LogP contribution in [0.3, 0.4) is 0 Å². The van der Waals surface area contributed by atoms with Crippen LogP contribution in [0, 0.1) is 19.8 Å². The molecule has 2 aliphatic heterocycles. The summed E-state index contributed by atoms with van der Waals surface area (Å²) in [6, 6.07) is 3.83. The third kappa shape index (κ3) is 4.22. The lowest BCUT2D eigenvalue weighted by atomic mass is 9.98. The van der Waals surface area contributed by atoms with Crippen LogP contribution in [0.15, 0.2) is 12.1 Å². The highest BCUT2D eigenvalue weighted by Gasteiger charge is 2.24. The summed E-state index contributed by atoms with van der Waals surface area (Å²) in [7, 11) is 0. The molecule has 2 aromatic heterocycles. The van der Waals surface area contributed by atoms with E-state index in [0.29, 0.717) is 24.9 Å². The number of carbonyl (C=O) groups is 1. The van der Waals surface area contributed by atoms with Crippen molar-refractivity contribution in [1.29, 1.82) is 0 Å². The first-order chi connectivity index (χ1) is 13.6. The number of nitrogens with zero attached hydrogens (tertiary/aromatic N) is 4. The minimum atomic E-state index is 0.0212. The Hall–Kier alpha value is -2.35. The van der Waals surface area contributed by atoms with Gasteiger partial charge in [0.15, 0.2) is 5.65 Å². The quantitative estimate of drug-likeness (QED) is 0.852. The second-order valence-corrected chi connectivity index (χ2v) is 7.79. The van der Waals surface area contributed by atoms with Gasteiger partial charge in [-0.3, -0.25) is 0 Å². The Morgan fingerprint density at radius 1 is 1.29 bits per heavy atom. The summed E-state index contributed by atoms with van der Waals surface area (Å²) in [6.45, 7) is 7.56. The highest BCUT2D eigenvalue weighted by atomic mass is 16.5. The summed E-state index contributed by atoms with van der Waals surface area (Å²) >= 11 is 0. The van der Waals surface area contributed by atoms with Crippen LogP contribution in [0.4, 0.5) is 4.79 Å². The number of aromatic nitrogens is 3. The van der Waals surface area contributed by atoms with Gasteiger partial charge in [0.25, 0.3) is 0 Å². The maximum absolute atomic E-state index is 12.3. The Bertz CT molecular complexity index is 823. The van der Waals surface area contributed by atoms with E-state index in [-0.39, 0.29) is 12.1 Å². The number of ether oxygens (including phenoxy) is 2. The van der Waals surface area contributed by atoms with Crippen LogP contribution in [0.2, 0.25) is 0 Å². The standard InChI is InChI=1S/C20H29N5O3/c1-14-15(2)25-18(22-14)5-6-19(23-25)28-13-16-7-9-24(10-8-16)20(26)21-12-17-4-3-11-27-17/h5-6,16-17H,3-4,7-13H2,1-2H3,(H,21,26). The average molecular weight is 387 g/mol. The minimum Gasteiger partial charge on any atom is -0.476 e. The average Bonchev–Trinajstić information content (AvgIpc) is 3.33. The molecular weight excluding hydrogens is 358 g/mol. The molecule has 8 heteroatoms. The number of hydrogen-bond donors (Lipinski definition) is 1. The SMILES string of the molecule is Cc1nc2ccc(OCC3CCN(C(=O)NCC4CCCO4)CC3)nn2c1C. The smallest absolute Gasteiger partial charge is 0.317 e. The fourth-order valence-corrected chi connectivity index (χ4v) is 3.84. The Morgan fingerprint density at radius 3 is 2.86 bits per heavy atom. The third-order valence-corrected chi connectivity index (χ3v) is 5.79. The van der Waals surface area contributed by atoms with Gasteiger partial charge in [-0.05, 0) is 51.5 Å². The molecule has 0 radical (unpaired) electrons. The van der Waals surface area contributed by atoms with E-state index in [0.717, 1.165) is 62.4 Å². The van der Waals surface area contributed by atoms with Gasteiger partial charge in [0.05, 0.1) is 24.1 Å². The van der Waals surface area contributed by atoms with E-state index in [1.54, 1.807) is 0 Å². The van der Waals surface area contributed by atoms with Crippen LogP contribution in [-0.4, -0.2) is 64.5 Å². The molecule has 2 aromatic rings. The number of amides is 2. The van der Waals surface area contributed by atoms with E-state index < -0.39 is 0 Å². The van der Waals surface area contributed by atoms with Crippen LogP contribution in [0.1, 0.15) is 37.1 Å². The van der Waals surface area contributed by atoms with E-state index in [9.17, 15) is 4.79 Å². The molecule has 1 unspecified atom stereocenters. The number of likely N-dealkylation sites (tertiary alicyclic amines) is 1. The molecule has 2 aliphatic rings. The van der Waals surface area contributed by atoms with Crippen molar-refractivity contribution in [3.05, 3.63) is 23.5 Å². The summed E-state index contributed by atoms with van der Waals surface area (Å²) in [5, 5.41) is 7.53. The van der Waals surface area contributed by atoms with Crippen LogP contribution >= 0.6 is 0 Å². The molecular formula is C20H29N5O3. The lowest BCUT2D eigenvalue weighted by Crippen LogP contribution is -2.46. The van der Waals surface area contributed by atoms with Crippen molar-refractivity contribution in [3.63, 3.8) is 0 Å². The molecule has 1 N–H and O–H groups in total. The summed E-state index contributed by atoms with van der Waals surface area (Å²) < 4.78 is 13.3. The highest BCUT2D eigenvalue weighted by Crippen LogP contribution is 2.20. The van der Waals surface area contributed by atoms with E-state index >= 15 is 0 Å². The number of aryl methyl sites for hydroxylation is 2. The fraction of sp³-hybridized carbons (Fsp3) is 0.650. The molecule has 152 valence electrons. The van der Waals surface area contributed by atoms with Gasteiger partial charge >= 0.3 is 6.03 Å². The van der Waals surface area contributed by atoms with Crippen molar-refractivity contribution < 1.29 is 14.3 Å². The van der Waals surface area contributed by atoms with Crippen molar-refractivity contribution >= 4 is 11.7 Å². The molecule has 4 heterocycles. The molecule has 2 amide bonds. The number of rotatable bonds is 5. The monoisotopic (exact) mass is 387 g/mol. The van der Waals surface area contributed by atoms with Crippen LogP contribution in [-0.2, 0) is 4.74 Å². The van der Waals surface area contributed by atoms with Crippen molar-refractivity contribution in [2.24, 2.45) is 5.92 Å². The molecule has 0 aliphatic carbocycles. The van der Waals surface area contributed by atoms with Crippen LogP contribution in [0.5, 0.6) is 5.88 Å². The number of urea groups is 1. The molecule has 0 spiro atoms. The summed E-state index contributed by atoms with van der Waals surface area (Å²) in [5.74, 6) is 1.05. The van der Waals surface area contributed by atoms with Gasteiger partial charge in [-0.2, -0.15) is 0 Å². The molecule has 2 fully saturated rings. The molecule has 1 atom stereocenters. The van der Waals surface area contributed by atoms with E-state index in [1.165, 1.54) is 0 Å². The van der Waals surface area contributed by atoms with Crippen molar-refractivity contribution in [2.45, 2.75) is 45.6 Å². The predicted molar refractivity (Wildman–Crippen MR) is 105 cm³/mol. The second kappa shape index (κ2) is 8.34. The first kappa shape index (κ1) is 19.0. The lowest BCUT2D eigenvalue weighted by molar-refractivity contribution is 0.105. The molecule has 8 nitrogen and oxygen atoms in total. The molecule has 4 rings (SSSR count). The van der Waals surface area contributed by atoms with Gasteiger partial charge in [-0.25, -0.2) is 14.3 Å². The second-order valence-electron chi connectivity index (χ2n) is 7.79. The summed E-state index contributed by atoms with van der Waals surface area (Å²) in [5.41, 5.74) is 2.85. The first-order valence-electron chi connectivity index (χ1n) is 10.2. The minimum absolute atomic E-state index is 0.0212. The van der Waals surface area contributed by atoms with Crippen LogP contribution in [0.25, 0.3) is 5.65 Å². The first-order valence-corrected chi connectivity index (χ1v) is 10.2. The Morgan fingerprint density at radius 2 is 2.11 bits per heavy atom. The Kier molecular flexibility index (Phi) is 5.66. The normalized spacial score (nSPS) is 20.6. The zero-order chi connectivity index (χ0) is 19.5. The van der Waals surface area contributed by atoms with Crippen molar-refractivity contribution in [3.8, 4) is 5.88 Å². The number of nitrogens with one attached hydrogen (secondary N) is 1. The van der Waals surface area contributed by atoms with E-state index in [4.69, 9.17) is 9.47 Å². The summed E-state index contributed by atoms with van der Waals surface area (Å²) in [4.78, 5) is 18.7. The maximum atomic E-state index is 12.3. The Labute approximate surface area is 165 Å². The maximum Gasteiger partial charge on any atom is 0.317 e. The van der Waals surface area contributed by atoms with Gasteiger partial charge in [0, 0.05) is 32.3 Å². The van der Waals surface area contributed by atoms with Gasteiger partial charge < -0.3 is 19.7 Å². The number of imidazole rings is 1. The van der Waals surface area contributed by atoms with Gasteiger partial charge in [-0.15, -0.1) is 5.10 Å². The molecule has 28 heavy (non-hydrogen) atoms. The largest absolute Gasteiger partial charge is 0.476 e. The van der Waals surface area contributed by atoms with E-state index in [2.05, 4.69) is 15.4 Å². The number of carbonyl (C=O) groups excluding carboxylic acids is 1. The molecule has 0 bridgehead atoms. The van der Waals surface area contributed by atoms with Gasteiger partial charge in [0.2, 0.25) is 5.88 Å². The highest BCUT2D eigenvalue weighted by molar-refractivity contribution is 5.74. The number of fused-ring (bicyclic) bond motifs is 1. The zero-order valence-electron chi connectivity index (χ0n) is 16.7. The molecule has 0 aromatic carbocycles. The topological polar surface area (TPSA) is 81.0 Å². The fourth-order valence-electron chi connectivity index (χ4n) is 3.84. The zero-order valence-corrected chi connectivity index (χ0v) is 16.7. The van der Waals surface area contributed by atoms with Crippen LogP contribution < -0.4 is 10.1 Å². The predicted octanol–water partition coefficient (Wildman–Crippen LogP) is 2.33. The van der Waals surface area contributed by atoms with Gasteiger partial charge in [-0.1, -0.05) is 0 Å². The Balaban J connectivity index is 1.22. The summed E-state index contributed by atoms with van der Waals surface area (Å²) in [6.07, 6.45) is 4.20. The number of piperidine rings is 1. The molecule has 2 saturated heterocycles.